The van der Waals surface area contributed by atoms with E-state index >= 15 is 0 Å². The maximum absolute atomic E-state index is 14.0. The number of ether oxygens (including phenoxy) is 1. The Hall–Kier alpha value is -5.59. The van der Waals surface area contributed by atoms with Crippen LogP contribution in [0.15, 0.2) is 66.7 Å². The van der Waals surface area contributed by atoms with Gasteiger partial charge >= 0.3 is 6.09 Å². The van der Waals surface area contributed by atoms with Gasteiger partial charge in [-0.2, -0.15) is 0 Å². The molecule has 2 fully saturated rings. The molecule has 13 heteroatoms. The standard InChI is InChI=1S/C51H66FN5O7/c1-36(33-53-46(59)29-22-39-20-25-43(26-21-39)55-47(60)17-11-9-7-5-3-4-6-8-10-14-38-15-12-13-16-38)56(34-40-18-23-42(52)24-19-40)48(61)35-57-49(62)51(64-50(57)63)31-30-41-32-44(54-37(2)58)27-28-45(41)51/h18-21,23-28,32,36,38H,3-17,22,29-31,33-35H2,1-2H3,(H,53,59)(H,54,58)(H,55,60)/t36-,51+/m0/s1. The lowest BCUT2D eigenvalue weighted by Crippen LogP contribution is -2.50. The number of nitrogens with zero attached hydrogens (tertiary/aromatic N) is 2. The summed E-state index contributed by atoms with van der Waals surface area (Å²) in [5.41, 5.74) is 2.54. The predicted molar refractivity (Wildman–Crippen MR) is 244 cm³/mol. The fraction of sp³-hybridized carbons (Fsp3) is 0.529. The summed E-state index contributed by atoms with van der Waals surface area (Å²) in [6.07, 6.45) is 19.1. The Morgan fingerprint density at radius 2 is 1.44 bits per heavy atom. The molecule has 1 spiro atoms. The molecule has 1 heterocycles. The van der Waals surface area contributed by atoms with Gasteiger partial charge in [0.1, 0.15) is 12.4 Å². The molecule has 0 radical (unpaired) electrons. The number of imide groups is 1. The zero-order valence-corrected chi connectivity index (χ0v) is 37.7. The number of nitrogens with one attached hydrogen (secondary N) is 3. The van der Waals surface area contributed by atoms with Crippen LogP contribution in [0, 0.1) is 11.7 Å². The van der Waals surface area contributed by atoms with E-state index < -0.39 is 41.9 Å². The van der Waals surface area contributed by atoms with Crippen LogP contribution in [0.25, 0.3) is 0 Å². The Bertz CT molecular complexity index is 2090. The van der Waals surface area contributed by atoms with E-state index in [1.807, 2.05) is 24.3 Å². The van der Waals surface area contributed by atoms with Gasteiger partial charge in [0, 0.05) is 62.3 Å². The second kappa shape index (κ2) is 23.4. The number of fused-ring (bicyclic) bond motifs is 2. The number of anilines is 2. The number of benzene rings is 3. The number of carbonyl (C=O) groups is 6. The monoisotopic (exact) mass is 879 g/mol. The third-order valence-corrected chi connectivity index (χ3v) is 13.1. The van der Waals surface area contributed by atoms with Crippen molar-refractivity contribution in [2.24, 2.45) is 5.92 Å². The van der Waals surface area contributed by atoms with Gasteiger partial charge in [-0.3, -0.25) is 24.0 Å². The third-order valence-electron chi connectivity index (χ3n) is 13.1. The van der Waals surface area contributed by atoms with Crippen molar-refractivity contribution in [1.82, 2.24) is 15.1 Å². The van der Waals surface area contributed by atoms with Crippen molar-refractivity contribution >= 4 is 47.0 Å². The van der Waals surface area contributed by atoms with Crippen molar-refractivity contribution in [2.45, 2.75) is 154 Å². The topological polar surface area (TPSA) is 154 Å². The van der Waals surface area contributed by atoms with Crippen LogP contribution in [-0.2, 0) is 53.7 Å². The van der Waals surface area contributed by atoms with Gasteiger partial charge in [0.2, 0.25) is 29.2 Å². The summed E-state index contributed by atoms with van der Waals surface area (Å²) in [7, 11) is 0. The molecule has 6 amide bonds. The molecule has 3 aromatic rings. The number of unbranched alkanes of at least 4 members (excludes halogenated alkanes) is 8. The van der Waals surface area contributed by atoms with Crippen molar-refractivity contribution in [3.63, 3.8) is 0 Å². The van der Waals surface area contributed by atoms with Gasteiger partial charge in [0.05, 0.1) is 0 Å². The second-order valence-corrected chi connectivity index (χ2v) is 18.1. The molecule has 12 nitrogen and oxygen atoms in total. The van der Waals surface area contributed by atoms with E-state index in [4.69, 9.17) is 4.74 Å². The molecule has 3 aromatic carbocycles. The number of hydrogen-bond donors (Lipinski definition) is 3. The molecule has 2 atom stereocenters. The fourth-order valence-corrected chi connectivity index (χ4v) is 9.39. The summed E-state index contributed by atoms with van der Waals surface area (Å²) in [5.74, 6) is -1.09. The predicted octanol–water partition coefficient (Wildman–Crippen LogP) is 9.49. The number of aryl methyl sites for hydroxylation is 2. The highest BCUT2D eigenvalue weighted by Crippen LogP contribution is 2.46. The first-order valence-electron chi connectivity index (χ1n) is 23.6. The van der Waals surface area contributed by atoms with Crippen LogP contribution >= 0.6 is 0 Å². The molecule has 3 aliphatic rings. The molecule has 1 saturated heterocycles. The molecule has 2 aliphatic carbocycles. The zero-order chi connectivity index (χ0) is 45.5. The van der Waals surface area contributed by atoms with E-state index in [0.29, 0.717) is 36.1 Å². The Labute approximate surface area is 377 Å². The lowest BCUT2D eigenvalue weighted by Gasteiger charge is -2.31. The lowest BCUT2D eigenvalue weighted by molar-refractivity contribution is -0.143. The lowest BCUT2D eigenvalue weighted by atomic mass is 9.94. The maximum atomic E-state index is 14.0. The maximum Gasteiger partial charge on any atom is 0.418 e. The average Bonchev–Trinajstić information content (AvgIpc) is 3.99. The van der Waals surface area contributed by atoms with Gasteiger partial charge in [-0.1, -0.05) is 114 Å². The number of hydrogen-bond acceptors (Lipinski definition) is 7. The van der Waals surface area contributed by atoms with Crippen LogP contribution in [0.2, 0.25) is 0 Å². The summed E-state index contributed by atoms with van der Waals surface area (Å²) in [4.78, 5) is 80.6. The van der Waals surface area contributed by atoms with Gasteiger partial charge in [0.15, 0.2) is 0 Å². The largest absolute Gasteiger partial charge is 0.427 e. The molecular weight excluding hydrogens is 814 g/mol. The van der Waals surface area contributed by atoms with Gasteiger partial charge in [-0.15, -0.1) is 0 Å². The molecule has 1 aliphatic heterocycles. The van der Waals surface area contributed by atoms with Crippen molar-refractivity contribution < 1.29 is 37.9 Å². The van der Waals surface area contributed by atoms with E-state index in [2.05, 4.69) is 16.0 Å². The van der Waals surface area contributed by atoms with Crippen molar-refractivity contribution in [1.29, 1.82) is 0 Å². The molecule has 0 bridgehead atoms. The van der Waals surface area contributed by atoms with Gasteiger partial charge in [-0.05, 0) is 85.2 Å². The Balaban J connectivity index is 0.913. The Kier molecular flexibility index (Phi) is 17.5. The van der Waals surface area contributed by atoms with E-state index in [9.17, 15) is 33.2 Å². The van der Waals surface area contributed by atoms with Crippen LogP contribution in [0.4, 0.5) is 20.6 Å². The van der Waals surface area contributed by atoms with E-state index in [1.54, 1.807) is 37.3 Å². The first-order chi connectivity index (χ1) is 30.9. The van der Waals surface area contributed by atoms with Crippen LogP contribution < -0.4 is 16.0 Å². The SMILES string of the molecule is CC(=O)Nc1ccc2c(c1)CC[C@@]21OC(=O)N(CC(=O)N(Cc2ccc(F)cc2)[C@@H](C)CNC(=O)CCc2ccc(NC(=O)CCCCCCCCCCCC3CCCC3)cc2)C1=O. The molecule has 0 unspecified atom stereocenters. The highest BCUT2D eigenvalue weighted by atomic mass is 19.1. The van der Waals surface area contributed by atoms with E-state index in [0.717, 1.165) is 40.5 Å². The highest BCUT2D eigenvalue weighted by Gasteiger charge is 2.58. The van der Waals surface area contributed by atoms with Crippen molar-refractivity contribution in [3.05, 3.63) is 94.8 Å². The summed E-state index contributed by atoms with van der Waals surface area (Å²) < 4.78 is 19.5. The van der Waals surface area contributed by atoms with Crippen LogP contribution in [0.5, 0.6) is 0 Å². The summed E-state index contributed by atoms with van der Waals surface area (Å²) >= 11 is 0. The minimum Gasteiger partial charge on any atom is -0.427 e. The quantitative estimate of drug-likeness (QED) is 0.0758. The van der Waals surface area contributed by atoms with Crippen LogP contribution in [0.3, 0.4) is 0 Å². The molecule has 6 rings (SSSR count). The fourth-order valence-electron chi connectivity index (χ4n) is 9.39. The molecule has 1 saturated carbocycles. The summed E-state index contributed by atoms with van der Waals surface area (Å²) in [6.45, 7) is 2.68. The van der Waals surface area contributed by atoms with Crippen LogP contribution in [0.1, 0.15) is 145 Å². The molecular formula is C51H66FN5O7. The second-order valence-electron chi connectivity index (χ2n) is 18.1. The Morgan fingerprint density at radius 3 is 2.12 bits per heavy atom. The van der Waals surface area contributed by atoms with Crippen LogP contribution in [-0.4, -0.2) is 64.6 Å². The number of rotatable bonds is 24. The molecule has 0 aromatic heterocycles. The minimum absolute atomic E-state index is 0.00480. The van der Waals surface area contributed by atoms with E-state index in [1.165, 1.54) is 101 Å². The summed E-state index contributed by atoms with van der Waals surface area (Å²) in [6, 6.07) is 17.6. The third kappa shape index (κ3) is 13.5. The van der Waals surface area contributed by atoms with Crippen molar-refractivity contribution in [3.8, 4) is 0 Å². The number of halogens is 1. The normalized spacial score (nSPS) is 17.3. The van der Waals surface area contributed by atoms with Gasteiger partial charge in [-0.25, -0.2) is 14.1 Å². The number of amides is 6. The Morgan fingerprint density at radius 1 is 0.797 bits per heavy atom. The molecule has 3 N–H and O–H groups in total. The molecule has 344 valence electrons. The van der Waals surface area contributed by atoms with Gasteiger partial charge in [0.25, 0.3) is 5.91 Å². The number of carbonyl (C=O) groups excluding carboxylic acids is 6. The van der Waals surface area contributed by atoms with Gasteiger partial charge < -0.3 is 25.6 Å². The zero-order valence-electron chi connectivity index (χ0n) is 37.7. The van der Waals surface area contributed by atoms with Crippen molar-refractivity contribution in [2.75, 3.05) is 23.7 Å². The first-order valence-corrected chi connectivity index (χ1v) is 23.6. The summed E-state index contributed by atoms with van der Waals surface area (Å²) in [5, 5.41) is 8.60. The molecule has 64 heavy (non-hydrogen) atoms. The first kappa shape index (κ1) is 47.9. The average molecular weight is 880 g/mol. The minimum atomic E-state index is -1.57. The highest BCUT2D eigenvalue weighted by molar-refractivity contribution is 6.06. The van der Waals surface area contributed by atoms with E-state index in [-0.39, 0.29) is 43.7 Å². The smallest absolute Gasteiger partial charge is 0.418 e.